The summed E-state index contributed by atoms with van der Waals surface area (Å²) in [7, 11) is 0. The van der Waals surface area contributed by atoms with Crippen LogP contribution in [0.5, 0.6) is 0 Å². The number of hydrogen-bond donors (Lipinski definition) is 0. The van der Waals surface area contributed by atoms with Crippen LogP contribution in [0.1, 0.15) is 57.1 Å². The first-order valence-electron chi connectivity index (χ1n) is 8.15. The molecule has 1 aromatic rings. The number of esters is 1. The van der Waals surface area contributed by atoms with E-state index < -0.39 is 0 Å². The lowest BCUT2D eigenvalue weighted by molar-refractivity contribution is -0.142. The third-order valence-electron chi connectivity index (χ3n) is 4.33. The van der Waals surface area contributed by atoms with Crippen LogP contribution in [-0.2, 0) is 20.7 Å². The summed E-state index contributed by atoms with van der Waals surface area (Å²) in [5.41, 5.74) is 3.48. The zero-order chi connectivity index (χ0) is 16.1. The Bertz CT molecular complexity index is 553. The molecule has 0 spiro atoms. The highest BCUT2D eigenvalue weighted by atomic mass is 16.5. The number of benzene rings is 1. The van der Waals surface area contributed by atoms with Crippen molar-refractivity contribution in [1.82, 2.24) is 0 Å². The van der Waals surface area contributed by atoms with E-state index in [4.69, 9.17) is 4.74 Å². The highest BCUT2D eigenvalue weighted by Crippen LogP contribution is 2.31. The highest BCUT2D eigenvalue weighted by Gasteiger charge is 2.25. The van der Waals surface area contributed by atoms with Crippen LogP contribution < -0.4 is 4.90 Å². The van der Waals surface area contributed by atoms with E-state index in [1.807, 2.05) is 6.07 Å². The number of amides is 1. The van der Waals surface area contributed by atoms with Crippen LogP contribution in [0.2, 0.25) is 0 Å². The zero-order valence-electron chi connectivity index (χ0n) is 13.7. The summed E-state index contributed by atoms with van der Waals surface area (Å²) in [4.78, 5) is 25.4. The number of carbonyl (C=O) groups excluding carboxylic acids is 2. The summed E-state index contributed by atoms with van der Waals surface area (Å²) in [6.07, 6.45) is 2.64. The summed E-state index contributed by atoms with van der Waals surface area (Å²) in [5, 5.41) is 0. The smallest absolute Gasteiger partial charge is 0.307 e. The first kappa shape index (κ1) is 16.5. The summed E-state index contributed by atoms with van der Waals surface area (Å²) >= 11 is 0. The first-order chi connectivity index (χ1) is 10.6. The van der Waals surface area contributed by atoms with Crippen molar-refractivity contribution < 1.29 is 14.3 Å². The second-order valence-corrected chi connectivity index (χ2v) is 5.80. The summed E-state index contributed by atoms with van der Waals surface area (Å²) in [6, 6.07) is 6.34. The second-order valence-electron chi connectivity index (χ2n) is 5.80. The normalized spacial score (nSPS) is 15.4. The molecule has 4 nitrogen and oxygen atoms in total. The number of ether oxygens (including phenoxy) is 1. The number of aryl methyl sites for hydroxylation is 1. The predicted molar refractivity (Wildman–Crippen MR) is 87.1 cm³/mol. The fourth-order valence-electron chi connectivity index (χ4n) is 2.80. The maximum atomic E-state index is 12.2. The van der Waals surface area contributed by atoms with Crippen LogP contribution in [0, 0.1) is 0 Å². The number of anilines is 1. The Balaban J connectivity index is 2.16. The number of carbonyl (C=O) groups is 2. The molecule has 1 aliphatic rings. The molecule has 0 radical (unpaired) electrons. The van der Waals surface area contributed by atoms with E-state index in [-0.39, 0.29) is 18.3 Å². The van der Waals surface area contributed by atoms with Crippen LogP contribution >= 0.6 is 0 Å². The number of hydrogen-bond acceptors (Lipinski definition) is 3. The van der Waals surface area contributed by atoms with Gasteiger partial charge in [0.15, 0.2) is 0 Å². The molecule has 1 unspecified atom stereocenters. The first-order valence-corrected chi connectivity index (χ1v) is 8.15. The van der Waals surface area contributed by atoms with Gasteiger partial charge in [-0.1, -0.05) is 26.0 Å². The van der Waals surface area contributed by atoms with Gasteiger partial charge in [-0.05, 0) is 42.9 Å². The van der Waals surface area contributed by atoms with E-state index in [9.17, 15) is 9.59 Å². The average molecular weight is 303 g/mol. The number of rotatable bonds is 6. The molecule has 1 aliphatic heterocycles. The van der Waals surface area contributed by atoms with Crippen molar-refractivity contribution >= 4 is 17.6 Å². The minimum Gasteiger partial charge on any atom is -0.466 e. The molecular formula is C18H25NO3. The fraction of sp³-hybridized carbons (Fsp3) is 0.556. The van der Waals surface area contributed by atoms with Crippen molar-refractivity contribution in [3.8, 4) is 0 Å². The summed E-state index contributed by atoms with van der Waals surface area (Å²) < 4.78 is 4.94. The zero-order valence-corrected chi connectivity index (χ0v) is 13.7. The van der Waals surface area contributed by atoms with Crippen molar-refractivity contribution in [2.24, 2.45) is 0 Å². The molecule has 0 N–H and O–H groups in total. The van der Waals surface area contributed by atoms with Crippen molar-refractivity contribution in [2.75, 3.05) is 18.1 Å². The lowest BCUT2D eigenvalue weighted by Gasteiger charge is -2.30. The molecule has 4 heteroatoms. The standard InChI is InChI=1S/C18H25NO3/c1-4-13(3)14-6-8-16-15(12-14)7-9-17(20)19(16)11-10-18(21)22-5-2/h6,8,12-13H,4-5,7,9-11H2,1-3H3. The molecule has 0 bridgehead atoms. The van der Waals surface area contributed by atoms with Gasteiger partial charge in [0, 0.05) is 18.7 Å². The van der Waals surface area contributed by atoms with Gasteiger partial charge in [-0.15, -0.1) is 0 Å². The molecule has 1 aromatic carbocycles. The summed E-state index contributed by atoms with van der Waals surface area (Å²) in [5.74, 6) is 0.364. The average Bonchev–Trinajstić information content (AvgIpc) is 2.53. The van der Waals surface area contributed by atoms with E-state index in [2.05, 4.69) is 26.0 Å². The molecule has 0 aliphatic carbocycles. The van der Waals surface area contributed by atoms with Gasteiger partial charge in [0.1, 0.15) is 0 Å². The SMILES string of the molecule is CCOC(=O)CCN1C(=O)CCc2cc(C(C)CC)ccc21. The van der Waals surface area contributed by atoms with Crippen molar-refractivity contribution in [3.63, 3.8) is 0 Å². The van der Waals surface area contributed by atoms with Crippen LogP contribution in [0.3, 0.4) is 0 Å². The Hall–Kier alpha value is -1.84. The molecule has 120 valence electrons. The second kappa shape index (κ2) is 7.43. The Morgan fingerprint density at radius 1 is 1.32 bits per heavy atom. The maximum Gasteiger partial charge on any atom is 0.307 e. The molecule has 1 heterocycles. The molecule has 0 saturated heterocycles. The monoisotopic (exact) mass is 303 g/mol. The van der Waals surface area contributed by atoms with Gasteiger partial charge in [-0.2, -0.15) is 0 Å². The van der Waals surface area contributed by atoms with Crippen molar-refractivity contribution in [1.29, 1.82) is 0 Å². The highest BCUT2D eigenvalue weighted by molar-refractivity contribution is 5.96. The van der Waals surface area contributed by atoms with Crippen LogP contribution in [0.4, 0.5) is 5.69 Å². The van der Waals surface area contributed by atoms with Gasteiger partial charge in [-0.25, -0.2) is 0 Å². The Kier molecular flexibility index (Phi) is 5.58. The topological polar surface area (TPSA) is 46.6 Å². The van der Waals surface area contributed by atoms with E-state index >= 15 is 0 Å². The van der Waals surface area contributed by atoms with Gasteiger partial charge in [0.25, 0.3) is 0 Å². The van der Waals surface area contributed by atoms with Crippen LogP contribution in [-0.4, -0.2) is 25.0 Å². The molecule has 22 heavy (non-hydrogen) atoms. The van der Waals surface area contributed by atoms with E-state index in [1.165, 1.54) is 11.1 Å². The van der Waals surface area contributed by atoms with Gasteiger partial charge in [0.05, 0.1) is 13.0 Å². The fourth-order valence-corrected chi connectivity index (χ4v) is 2.80. The Morgan fingerprint density at radius 2 is 2.09 bits per heavy atom. The van der Waals surface area contributed by atoms with Crippen LogP contribution in [0.25, 0.3) is 0 Å². The van der Waals surface area contributed by atoms with E-state index in [1.54, 1.807) is 11.8 Å². The van der Waals surface area contributed by atoms with Gasteiger partial charge in [-0.3, -0.25) is 9.59 Å². The molecule has 1 atom stereocenters. The third kappa shape index (κ3) is 3.67. The Morgan fingerprint density at radius 3 is 2.77 bits per heavy atom. The molecule has 1 amide bonds. The molecule has 0 fully saturated rings. The van der Waals surface area contributed by atoms with Crippen LogP contribution in [0.15, 0.2) is 18.2 Å². The quantitative estimate of drug-likeness (QED) is 0.756. The Labute approximate surface area is 132 Å². The minimum atomic E-state index is -0.251. The largest absolute Gasteiger partial charge is 0.466 e. The van der Waals surface area contributed by atoms with E-state index in [0.29, 0.717) is 25.5 Å². The maximum absolute atomic E-state index is 12.2. The van der Waals surface area contributed by atoms with Gasteiger partial charge < -0.3 is 9.64 Å². The molecule has 0 saturated carbocycles. The third-order valence-corrected chi connectivity index (χ3v) is 4.33. The minimum absolute atomic E-state index is 0.0908. The lowest BCUT2D eigenvalue weighted by atomic mass is 9.92. The predicted octanol–water partition coefficient (Wildman–Crippen LogP) is 3.43. The number of nitrogens with zero attached hydrogens (tertiary/aromatic N) is 1. The van der Waals surface area contributed by atoms with Crippen molar-refractivity contribution in [3.05, 3.63) is 29.3 Å². The lowest BCUT2D eigenvalue weighted by Crippen LogP contribution is -2.37. The molecule has 2 rings (SSSR count). The number of fused-ring (bicyclic) bond motifs is 1. The van der Waals surface area contributed by atoms with Gasteiger partial charge >= 0.3 is 5.97 Å². The summed E-state index contributed by atoms with van der Waals surface area (Å²) in [6.45, 7) is 6.96. The van der Waals surface area contributed by atoms with Gasteiger partial charge in [0.2, 0.25) is 5.91 Å². The molecular weight excluding hydrogens is 278 g/mol. The van der Waals surface area contributed by atoms with Crippen molar-refractivity contribution in [2.45, 2.75) is 52.4 Å². The van der Waals surface area contributed by atoms with E-state index in [0.717, 1.165) is 18.5 Å². The molecule has 0 aromatic heterocycles.